The Hall–Kier alpha value is -3.53. The summed E-state index contributed by atoms with van der Waals surface area (Å²) < 4.78 is 13.4. The molecule has 4 atom stereocenters. The van der Waals surface area contributed by atoms with Crippen LogP contribution in [0.2, 0.25) is 0 Å². The molecular weight excluding hydrogens is 377 g/mol. The summed E-state index contributed by atoms with van der Waals surface area (Å²) >= 11 is 0. The van der Waals surface area contributed by atoms with Gasteiger partial charge in [0, 0.05) is 11.8 Å². The summed E-state index contributed by atoms with van der Waals surface area (Å²) in [5.74, 6) is -2.22. The van der Waals surface area contributed by atoms with Crippen molar-refractivity contribution < 1.29 is 14.0 Å². The van der Waals surface area contributed by atoms with E-state index in [-0.39, 0.29) is 23.7 Å². The molecule has 5 rings (SSSR count). The molecule has 0 unspecified atom stereocenters. The average Bonchev–Trinajstić information content (AvgIpc) is 3.06. The lowest BCUT2D eigenvalue weighted by atomic mass is 9.68. The van der Waals surface area contributed by atoms with Gasteiger partial charge >= 0.3 is 0 Å². The van der Waals surface area contributed by atoms with Crippen molar-refractivity contribution in [3.05, 3.63) is 114 Å². The van der Waals surface area contributed by atoms with Gasteiger partial charge in [-0.2, -0.15) is 0 Å². The fourth-order valence-corrected chi connectivity index (χ4v) is 4.78. The molecule has 1 heterocycles. The first-order valence-corrected chi connectivity index (χ1v) is 10.1. The number of imide groups is 1. The van der Waals surface area contributed by atoms with Gasteiger partial charge in [-0.25, -0.2) is 9.29 Å². The van der Waals surface area contributed by atoms with Crippen LogP contribution in [0.4, 0.5) is 10.1 Å². The number of hydrogen-bond donors (Lipinski definition) is 0. The zero-order valence-electron chi connectivity index (χ0n) is 16.2. The maximum absolute atomic E-state index is 13.6. The van der Waals surface area contributed by atoms with Crippen molar-refractivity contribution in [3.8, 4) is 0 Å². The lowest BCUT2D eigenvalue weighted by Crippen LogP contribution is -2.31. The first kappa shape index (κ1) is 18.5. The minimum Gasteiger partial charge on any atom is -0.274 e. The van der Waals surface area contributed by atoms with E-state index in [9.17, 15) is 14.0 Å². The van der Waals surface area contributed by atoms with Crippen molar-refractivity contribution in [2.45, 2.75) is 11.8 Å². The van der Waals surface area contributed by atoms with Crippen LogP contribution < -0.4 is 4.90 Å². The van der Waals surface area contributed by atoms with Gasteiger partial charge in [-0.15, -0.1) is 0 Å². The zero-order chi connectivity index (χ0) is 20.7. The third-order valence-electron chi connectivity index (χ3n) is 6.15. The van der Waals surface area contributed by atoms with E-state index in [4.69, 9.17) is 0 Å². The number of allylic oxidation sites excluding steroid dienone is 2. The number of benzene rings is 3. The molecule has 2 aliphatic rings. The Morgan fingerprint density at radius 2 is 1.03 bits per heavy atom. The molecule has 1 fully saturated rings. The second-order valence-corrected chi connectivity index (χ2v) is 7.80. The van der Waals surface area contributed by atoms with Gasteiger partial charge in [0.25, 0.3) is 0 Å². The van der Waals surface area contributed by atoms with E-state index >= 15 is 0 Å². The van der Waals surface area contributed by atoms with E-state index in [1.807, 2.05) is 60.7 Å². The first-order chi connectivity index (χ1) is 14.6. The van der Waals surface area contributed by atoms with Crippen molar-refractivity contribution in [3.63, 3.8) is 0 Å². The highest BCUT2D eigenvalue weighted by Gasteiger charge is 2.55. The van der Waals surface area contributed by atoms with Gasteiger partial charge in [-0.3, -0.25) is 9.59 Å². The number of anilines is 1. The van der Waals surface area contributed by atoms with Gasteiger partial charge < -0.3 is 0 Å². The Morgan fingerprint density at radius 3 is 1.47 bits per heavy atom. The van der Waals surface area contributed by atoms with E-state index in [0.717, 1.165) is 11.1 Å². The van der Waals surface area contributed by atoms with Crippen LogP contribution in [0, 0.1) is 17.7 Å². The molecule has 0 aromatic heterocycles. The van der Waals surface area contributed by atoms with E-state index in [1.165, 1.54) is 29.2 Å². The molecule has 1 aliphatic heterocycles. The number of rotatable bonds is 3. The Labute approximate surface area is 174 Å². The number of carbonyl (C=O) groups is 2. The first-order valence-electron chi connectivity index (χ1n) is 10.1. The van der Waals surface area contributed by atoms with Gasteiger partial charge in [-0.1, -0.05) is 72.8 Å². The summed E-state index contributed by atoms with van der Waals surface area (Å²) in [4.78, 5) is 28.4. The Balaban J connectivity index is 1.63. The minimum atomic E-state index is -0.500. The normalized spacial score (nSPS) is 25.4. The predicted molar refractivity (Wildman–Crippen MR) is 113 cm³/mol. The van der Waals surface area contributed by atoms with Gasteiger partial charge in [-0.05, 0) is 35.4 Å². The van der Waals surface area contributed by atoms with E-state index in [0.29, 0.717) is 5.69 Å². The van der Waals surface area contributed by atoms with Gasteiger partial charge in [0.15, 0.2) is 0 Å². The molecule has 3 aromatic rings. The Morgan fingerprint density at radius 1 is 0.600 bits per heavy atom. The molecule has 2 amide bonds. The Kier molecular flexibility index (Phi) is 4.55. The number of halogens is 1. The monoisotopic (exact) mass is 397 g/mol. The average molecular weight is 397 g/mol. The van der Waals surface area contributed by atoms with Crippen molar-refractivity contribution in [2.75, 3.05) is 4.90 Å². The smallest absolute Gasteiger partial charge is 0.238 e. The molecule has 30 heavy (non-hydrogen) atoms. The van der Waals surface area contributed by atoms with E-state index in [1.54, 1.807) is 0 Å². The fraction of sp³-hybridized carbons (Fsp3) is 0.154. The third-order valence-corrected chi connectivity index (χ3v) is 6.15. The summed E-state index contributed by atoms with van der Waals surface area (Å²) in [5.41, 5.74) is 2.44. The lowest BCUT2D eigenvalue weighted by Gasteiger charge is -2.32. The van der Waals surface area contributed by atoms with Gasteiger partial charge in [0.1, 0.15) is 5.82 Å². The standard InChI is InChI=1S/C26H20FNO2/c27-19-11-13-20(14-12-19)28-25(29)23-21(17-7-3-1-4-8-17)15-16-22(24(23)26(28)30)18-9-5-2-6-10-18/h1-16,21-24H/t21-,22-,23-,24+/m1/s1. The van der Waals surface area contributed by atoms with Crippen LogP contribution >= 0.6 is 0 Å². The summed E-state index contributed by atoms with van der Waals surface area (Å²) in [5, 5.41) is 0. The van der Waals surface area contributed by atoms with Crippen molar-refractivity contribution in [1.29, 1.82) is 0 Å². The topological polar surface area (TPSA) is 37.4 Å². The Bertz CT molecular complexity index is 1040. The molecule has 3 aromatic carbocycles. The summed E-state index contributed by atoms with van der Waals surface area (Å²) in [7, 11) is 0. The van der Waals surface area contributed by atoms with Crippen LogP contribution in [-0.4, -0.2) is 11.8 Å². The molecule has 0 N–H and O–H groups in total. The maximum atomic E-state index is 13.6. The third kappa shape index (κ3) is 2.96. The quantitative estimate of drug-likeness (QED) is 0.457. The second kappa shape index (κ2) is 7.38. The molecule has 0 saturated carbocycles. The largest absolute Gasteiger partial charge is 0.274 e. The molecule has 1 saturated heterocycles. The molecule has 3 nitrogen and oxygen atoms in total. The summed E-state index contributed by atoms with van der Waals surface area (Å²) in [6, 6.07) is 25.2. The zero-order valence-corrected chi connectivity index (χ0v) is 16.2. The van der Waals surface area contributed by atoms with Crippen LogP contribution in [0.25, 0.3) is 0 Å². The minimum absolute atomic E-state index is 0.182. The van der Waals surface area contributed by atoms with Crippen molar-refractivity contribution in [1.82, 2.24) is 0 Å². The van der Waals surface area contributed by atoms with Crippen molar-refractivity contribution in [2.24, 2.45) is 11.8 Å². The summed E-state index contributed by atoms with van der Waals surface area (Å²) in [6.45, 7) is 0. The number of nitrogens with zero attached hydrogens (tertiary/aromatic N) is 1. The van der Waals surface area contributed by atoms with Gasteiger partial charge in [0.05, 0.1) is 17.5 Å². The predicted octanol–water partition coefficient (Wildman–Crippen LogP) is 5.07. The molecule has 148 valence electrons. The molecule has 0 bridgehead atoms. The van der Waals surface area contributed by atoms with Gasteiger partial charge in [0.2, 0.25) is 11.8 Å². The molecule has 1 aliphatic carbocycles. The molecular formula is C26H20FNO2. The second-order valence-electron chi connectivity index (χ2n) is 7.80. The van der Waals surface area contributed by atoms with E-state index < -0.39 is 17.7 Å². The van der Waals surface area contributed by atoms with Crippen LogP contribution in [0.3, 0.4) is 0 Å². The highest BCUT2D eigenvalue weighted by molar-refractivity contribution is 6.22. The molecule has 4 heteroatoms. The SMILES string of the molecule is O=C1[C@@H]2[C@H](C(=O)N1c1ccc(F)cc1)[C@@H](c1ccccc1)C=C[C@@H]2c1ccccc1. The number of fused-ring (bicyclic) bond motifs is 1. The number of hydrogen-bond acceptors (Lipinski definition) is 2. The van der Waals surface area contributed by atoms with Crippen LogP contribution in [-0.2, 0) is 9.59 Å². The van der Waals surface area contributed by atoms with Crippen LogP contribution in [0.5, 0.6) is 0 Å². The highest BCUT2D eigenvalue weighted by atomic mass is 19.1. The molecule has 0 spiro atoms. The highest BCUT2D eigenvalue weighted by Crippen LogP contribution is 2.50. The van der Waals surface area contributed by atoms with Crippen LogP contribution in [0.1, 0.15) is 23.0 Å². The number of amides is 2. The lowest BCUT2D eigenvalue weighted by molar-refractivity contribution is -0.122. The number of carbonyl (C=O) groups excluding carboxylic acids is 2. The fourth-order valence-electron chi connectivity index (χ4n) is 4.78. The van der Waals surface area contributed by atoms with Crippen LogP contribution in [0.15, 0.2) is 97.1 Å². The van der Waals surface area contributed by atoms with E-state index in [2.05, 4.69) is 12.2 Å². The van der Waals surface area contributed by atoms with Crippen molar-refractivity contribution >= 4 is 17.5 Å². The summed E-state index contributed by atoms with van der Waals surface area (Å²) in [6.07, 6.45) is 4.13. The maximum Gasteiger partial charge on any atom is 0.238 e. The molecule has 0 radical (unpaired) electrons.